The zero-order chi connectivity index (χ0) is 15.1. The highest BCUT2D eigenvalue weighted by molar-refractivity contribution is 8.00. The van der Waals surface area contributed by atoms with Gasteiger partial charge in [0.15, 0.2) is 0 Å². The van der Waals surface area contributed by atoms with E-state index in [1.807, 2.05) is 28.8 Å². The van der Waals surface area contributed by atoms with Crippen LogP contribution in [0.15, 0.2) is 18.2 Å². The highest BCUT2D eigenvalue weighted by atomic mass is 32.2. The van der Waals surface area contributed by atoms with Gasteiger partial charge in [-0.05, 0) is 19.4 Å². The van der Waals surface area contributed by atoms with Crippen molar-refractivity contribution in [1.82, 2.24) is 4.90 Å². The number of carbonyl (C=O) groups is 1. The van der Waals surface area contributed by atoms with Gasteiger partial charge in [-0.3, -0.25) is 4.79 Å². The minimum absolute atomic E-state index is 0.0905. The fourth-order valence-corrected chi connectivity index (χ4v) is 5.03. The van der Waals surface area contributed by atoms with Gasteiger partial charge in [-0.1, -0.05) is 25.1 Å². The van der Waals surface area contributed by atoms with Crippen molar-refractivity contribution in [2.24, 2.45) is 0 Å². The summed E-state index contributed by atoms with van der Waals surface area (Å²) in [6, 6.07) is 6.32. The molecular weight excluding hydrogens is 300 g/mol. The first kappa shape index (κ1) is 14.7. The average molecular weight is 320 g/mol. The smallest absolute Gasteiger partial charge is 0.266 e. The van der Waals surface area contributed by atoms with Crippen molar-refractivity contribution in [3.8, 4) is 0 Å². The fourth-order valence-electron chi connectivity index (χ4n) is 2.79. The number of hydrogen-bond donors (Lipinski definition) is 1. The predicted molar refractivity (Wildman–Crippen MR) is 93.4 cm³/mol. The summed E-state index contributed by atoms with van der Waals surface area (Å²) in [5.74, 6) is 1.09. The van der Waals surface area contributed by atoms with Crippen LogP contribution in [-0.4, -0.2) is 34.4 Å². The Morgan fingerprint density at radius 3 is 2.86 bits per heavy atom. The van der Waals surface area contributed by atoms with Crippen LogP contribution in [0.1, 0.15) is 29.1 Å². The molecule has 2 N–H and O–H groups in total. The minimum atomic E-state index is 0.0905. The molecule has 1 aromatic carbocycles. The van der Waals surface area contributed by atoms with Crippen LogP contribution in [0.4, 0.5) is 5.69 Å². The van der Waals surface area contributed by atoms with E-state index in [0.29, 0.717) is 15.8 Å². The molecule has 2 heterocycles. The van der Waals surface area contributed by atoms with Crippen molar-refractivity contribution in [2.45, 2.75) is 32.1 Å². The highest BCUT2D eigenvalue weighted by Gasteiger charge is 2.31. The molecule has 3 nitrogen and oxygen atoms in total. The zero-order valence-corrected chi connectivity index (χ0v) is 14.2. The number of thiophene rings is 1. The third kappa shape index (κ3) is 2.42. The summed E-state index contributed by atoms with van der Waals surface area (Å²) in [6.07, 6.45) is 0. The molecule has 1 aromatic heterocycles. The number of nitrogens with two attached hydrogens (primary N) is 1. The second-order valence-corrected chi connectivity index (χ2v) is 8.12. The second-order valence-electron chi connectivity index (χ2n) is 5.61. The number of fused-ring (bicyclic) bond motifs is 1. The number of nitrogens with zero attached hydrogens (tertiary/aromatic N) is 1. The molecule has 1 fully saturated rings. The SMILES string of the molecule is Cc1cccc2c(N)c(C(=O)N3CCSC(C)C3C)sc12. The third-order valence-electron chi connectivity index (χ3n) is 4.29. The van der Waals surface area contributed by atoms with Gasteiger partial charge in [-0.2, -0.15) is 11.8 Å². The lowest BCUT2D eigenvalue weighted by Gasteiger charge is -2.37. The molecule has 112 valence electrons. The molecule has 0 saturated carbocycles. The quantitative estimate of drug-likeness (QED) is 0.870. The maximum atomic E-state index is 12.9. The van der Waals surface area contributed by atoms with Crippen LogP contribution in [0.3, 0.4) is 0 Å². The van der Waals surface area contributed by atoms with Crippen molar-refractivity contribution in [3.05, 3.63) is 28.6 Å². The maximum Gasteiger partial charge on any atom is 0.266 e. The molecule has 1 saturated heterocycles. The van der Waals surface area contributed by atoms with Crippen LogP contribution >= 0.6 is 23.1 Å². The fraction of sp³-hybridized carbons (Fsp3) is 0.438. The highest BCUT2D eigenvalue weighted by Crippen LogP contribution is 2.37. The molecule has 0 radical (unpaired) electrons. The molecule has 5 heteroatoms. The van der Waals surface area contributed by atoms with Crippen LogP contribution in [0, 0.1) is 6.92 Å². The van der Waals surface area contributed by atoms with E-state index in [1.165, 1.54) is 16.9 Å². The Bertz CT molecular complexity index is 695. The second kappa shape index (κ2) is 5.54. The molecule has 0 spiro atoms. The zero-order valence-electron chi connectivity index (χ0n) is 12.6. The number of amides is 1. The van der Waals surface area contributed by atoms with Crippen LogP contribution in [0.5, 0.6) is 0 Å². The van der Waals surface area contributed by atoms with Crippen LogP contribution < -0.4 is 5.73 Å². The van der Waals surface area contributed by atoms with Gasteiger partial charge < -0.3 is 10.6 Å². The molecule has 1 aliphatic rings. The lowest BCUT2D eigenvalue weighted by Crippen LogP contribution is -2.47. The molecule has 2 aromatic rings. The van der Waals surface area contributed by atoms with Crippen molar-refractivity contribution in [1.29, 1.82) is 0 Å². The largest absolute Gasteiger partial charge is 0.397 e. The molecule has 1 aliphatic heterocycles. The number of anilines is 1. The lowest BCUT2D eigenvalue weighted by molar-refractivity contribution is 0.0704. The summed E-state index contributed by atoms with van der Waals surface area (Å²) in [7, 11) is 0. The minimum Gasteiger partial charge on any atom is -0.397 e. The van der Waals surface area contributed by atoms with E-state index >= 15 is 0 Å². The first-order valence-corrected chi connectivity index (χ1v) is 9.07. The van der Waals surface area contributed by atoms with Crippen LogP contribution in [-0.2, 0) is 0 Å². The van der Waals surface area contributed by atoms with E-state index in [-0.39, 0.29) is 11.9 Å². The predicted octanol–water partition coefficient (Wildman–Crippen LogP) is 3.76. The molecule has 2 atom stereocenters. The molecule has 3 rings (SSSR count). The maximum absolute atomic E-state index is 12.9. The normalized spacial score (nSPS) is 22.7. The Morgan fingerprint density at radius 2 is 2.14 bits per heavy atom. The van der Waals surface area contributed by atoms with Gasteiger partial charge in [0.2, 0.25) is 0 Å². The van der Waals surface area contributed by atoms with Gasteiger partial charge in [0, 0.05) is 33.7 Å². The van der Waals surface area contributed by atoms with Crippen molar-refractivity contribution >= 4 is 44.8 Å². The standard InChI is InChI=1S/C16H20N2OS2/c1-9-5-4-6-12-13(17)15(21-14(9)12)16(19)18-7-8-20-11(3)10(18)2/h4-6,10-11H,7-8,17H2,1-3H3. The molecule has 21 heavy (non-hydrogen) atoms. The van der Waals surface area contributed by atoms with Gasteiger partial charge >= 0.3 is 0 Å². The molecule has 2 unspecified atom stereocenters. The Morgan fingerprint density at radius 1 is 1.38 bits per heavy atom. The number of aryl methyl sites for hydroxylation is 1. The van der Waals surface area contributed by atoms with Crippen molar-refractivity contribution < 1.29 is 4.79 Å². The summed E-state index contributed by atoms with van der Waals surface area (Å²) < 4.78 is 1.13. The molecular formula is C16H20N2OS2. The van der Waals surface area contributed by atoms with Gasteiger partial charge in [-0.25, -0.2) is 0 Å². The number of hydrogen-bond acceptors (Lipinski definition) is 4. The van der Waals surface area contributed by atoms with Gasteiger partial charge in [0.05, 0.1) is 5.69 Å². The van der Waals surface area contributed by atoms with E-state index in [9.17, 15) is 4.79 Å². The monoisotopic (exact) mass is 320 g/mol. The first-order chi connectivity index (χ1) is 10.0. The summed E-state index contributed by atoms with van der Waals surface area (Å²) in [4.78, 5) is 15.6. The van der Waals surface area contributed by atoms with Crippen molar-refractivity contribution in [2.75, 3.05) is 18.0 Å². The summed E-state index contributed by atoms with van der Waals surface area (Å²) >= 11 is 3.46. The number of nitrogen functional groups attached to an aromatic ring is 1. The lowest BCUT2D eigenvalue weighted by atomic mass is 10.1. The van der Waals surface area contributed by atoms with Gasteiger partial charge in [0.25, 0.3) is 5.91 Å². The number of benzene rings is 1. The van der Waals surface area contributed by atoms with Crippen LogP contribution in [0.2, 0.25) is 0 Å². The summed E-state index contributed by atoms with van der Waals surface area (Å²) in [6.45, 7) is 7.19. The van der Waals surface area contributed by atoms with Gasteiger partial charge in [0.1, 0.15) is 4.88 Å². The van der Waals surface area contributed by atoms with Gasteiger partial charge in [-0.15, -0.1) is 11.3 Å². The summed E-state index contributed by atoms with van der Waals surface area (Å²) in [5.41, 5.74) is 8.07. The Hall–Kier alpha value is -1.20. The molecule has 0 aliphatic carbocycles. The van der Waals surface area contributed by atoms with Crippen molar-refractivity contribution in [3.63, 3.8) is 0 Å². The topological polar surface area (TPSA) is 46.3 Å². The number of carbonyl (C=O) groups excluding carboxylic acids is 1. The number of thioether (sulfide) groups is 1. The average Bonchev–Trinajstić information content (AvgIpc) is 2.80. The molecule has 0 bridgehead atoms. The van der Waals surface area contributed by atoms with E-state index in [0.717, 1.165) is 22.4 Å². The Kier molecular flexibility index (Phi) is 3.88. The van der Waals surface area contributed by atoms with E-state index in [4.69, 9.17) is 5.73 Å². The Labute approximate surface area is 133 Å². The Balaban J connectivity index is 2.02. The molecule has 1 amide bonds. The van der Waals surface area contributed by atoms with E-state index in [1.54, 1.807) is 0 Å². The summed E-state index contributed by atoms with van der Waals surface area (Å²) in [5, 5.41) is 1.48. The van der Waals surface area contributed by atoms with Crippen LogP contribution in [0.25, 0.3) is 10.1 Å². The number of rotatable bonds is 1. The third-order valence-corrected chi connectivity index (χ3v) is 6.97. The van der Waals surface area contributed by atoms with E-state index < -0.39 is 0 Å². The van der Waals surface area contributed by atoms with E-state index in [2.05, 4.69) is 26.8 Å². The first-order valence-electron chi connectivity index (χ1n) is 7.21.